The average Bonchev–Trinajstić information content (AvgIpc) is 3.35. The largest absolute Gasteiger partial charge is 0.348 e. The second-order valence-corrected chi connectivity index (χ2v) is 6.18. The second-order valence-electron chi connectivity index (χ2n) is 6.18. The van der Waals surface area contributed by atoms with Gasteiger partial charge in [0, 0.05) is 30.2 Å². The van der Waals surface area contributed by atoms with Crippen molar-refractivity contribution in [1.82, 2.24) is 35.0 Å². The van der Waals surface area contributed by atoms with Crippen molar-refractivity contribution in [2.24, 2.45) is 0 Å². The lowest BCUT2D eigenvalue weighted by atomic mass is 9.98. The number of hydrogen-bond acceptors (Lipinski definition) is 5. The minimum absolute atomic E-state index is 0.147. The standard InChI is InChI=1S/C18H15N7O/c26-18(14-5-4-11-9-22-24-17(11)23-14)25-8-6-12-15(21-10-20-12)16(25)13-3-1-2-7-19-13/h1-5,7,9-10,16H,6,8H2,(H,20,21)(H,22,23,24). The van der Waals surface area contributed by atoms with Gasteiger partial charge in [-0.15, -0.1) is 0 Å². The molecule has 8 heteroatoms. The summed E-state index contributed by atoms with van der Waals surface area (Å²) in [7, 11) is 0. The van der Waals surface area contributed by atoms with Crippen LogP contribution in [0, 0.1) is 0 Å². The Morgan fingerprint density at radius 2 is 2.15 bits per heavy atom. The quantitative estimate of drug-likeness (QED) is 0.577. The molecule has 2 N–H and O–H groups in total. The van der Waals surface area contributed by atoms with Crippen molar-refractivity contribution in [3.05, 3.63) is 71.8 Å². The molecule has 4 aromatic heterocycles. The third-order valence-corrected chi connectivity index (χ3v) is 4.67. The number of aromatic amines is 2. The Morgan fingerprint density at radius 3 is 3.04 bits per heavy atom. The van der Waals surface area contributed by atoms with Crippen molar-refractivity contribution >= 4 is 16.9 Å². The van der Waals surface area contributed by atoms with Crippen molar-refractivity contribution in [2.45, 2.75) is 12.5 Å². The summed E-state index contributed by atoms with van der Waals surface area (Å²) < 4.78 is 0. The highest BCUT2D eigenvalue weighted by Gasteiger charge is 2.35. The number of hydrogen-bond donors (Lipinski definition) is 2. The Labute approximate surface area is 148 Å². The summed E-state index contributed by atoms with van der Waals surface area (Å²) in [6.45, 7) is 0.567. The Morgan fingerprint density at radius 1 is 1.19 bits per heavy atom. The molecule has 1 aliphatic heterocycles. The number of H-pyrrole nitrogens is 2. The van der Waals surface area contributed by atoms with Gasteiger partial charge in [-0.25, -0.2) is 9.97 Å². The first-order valence-corrected chi connectivity index (χ1v) is 8.35. The number of pyridine rings is 2. The molecule has 4 aromatic rings. The maximum Gasteiger partial charge on any atom is 0.273 e. The van der Waals surface area contributed by atoms with Crippen LogP contribution in [0.4, 0.5) is 0 Å². The monoisotopic (exact) mass is 345 g/mol. The van der Waals surface area contributed by atoms with Crippen molar-refractivity contribution < 1.29 is 4.79 Å². The maximum absolute atomic E-state index is 13.2. The number of rotatable bonds is 2. The Balaban J connectivity index is 1.59. The summed E-state index contributed by atoms with van der Waals surface area (Å²) in [5, 5.41) is 7.65. The molecule has 128 valence electrons. The van der Waals surface area contributed by atoms with E-state index >= 15 is 0 Å². The molecule has 0 aromatic carbocycles. The molecule has 1 aliphatic rings. The zero-order chi connectivity index (χ0) is 17.5. The summed E-state index contributed by atoms with van der Waals surface area (Å²) in [6.07, 6.45) is 5.80. The minimum Gasteiger partial charge on any atom is -0.348 e. The van der Waals surface area contributed by atoms with E-state index in [0.29, 0.717) is 17.9 Å². The lowest BCUT2D eigenvalue weighted by Crippen LogP contribution is -2.41. The lowest BCUT2D eigenvalue weighted by molar-refractivity contribution is 0.0681. The van der Waals surface area contributed by atoms with E-state index in [1.54, 1.807) is 29.7 Å². The van der Waals surface area contributed by atoms with Gasteiger partial charge in [-0.1, -0.05) is 6.07 Å². The van der Waals surface area contributed by atoms with E-state index in [-0.39, 0.29) is 11.9 Å². The van der Waals surface area contributed by atoms with Gasteiger partial charge < -0.3 is 9.88 Å². The Kier molecular flexibility index (Phi) is 3.27. The van der Waals surface area contributed by atoms with Crippen LogP contribution in [0.25, 0.3) is 11.0 Å². The molecule has 8 nitrogen and oxygen atoms in total. The summed E-state index contributed by atoms with van der Waals surface area (Å²) in [5.41, 5.74) is 3.65. The molecule has 5 heterocycles. The molecule has 0 radical (unpaired) electrons. The third kappa shape index (κ3) is 2.26. The summed E-state index contributed by atoms with van der Waals surface area (Å²) in [5.74, 6) is -0.147. The van der Waals surface area contributed by atoms with Gasteiger partial charge >= 0.3 is 0 Å². The first-order valence-electron chi connectivity index (χ1n) is 8.35. The van der Waals surface area contributed by atoms with Gasteiger partial charge in [0.05, 0.1) is 23.9 Å². The van der Waals surface area contributed by atoms with Gasteiger partial charge in [-0.05, 0) is 24.3 Å². The first kappa shape index (κ1) is 14.8. The lowest BCUT2D eigenvalue weighted by Gasteiger charge is -2.34. The predicted octanol–water partition coefficient (Wildman–Crippen LogP) is 1.86. The zero-order valence-corrected chi connectivity index (χ0v) is 13.8. The van der Waals surface area contributed by atoms with E-state index in [9.17, 15) is 4.79 Å². The Bertz CT molecular complexity index is 1090. The molecule has 1 atom stereocenters. The number of fused-ring (bicyclic) bond motifs is 2. The maximum atomic E-state index is 13.2. The van der Waals surface area contributed by atoms with Gasteiger partial charge in [-0.2, -0.15) is 5.10 Å². The van der Waals surface area contributed by atoms with E-state index in [1.165, 1.54) is 0 Å². The molecule has 1 amide bonds. The number of nitrogens with one attached hydrogen (secondary N) is 2. The van der Waals surface area contributed by atoms with E-state index in [0.717, 1.165) is 28.9 Å². The molecule has 26 heavy (non-hydrogen) atoms. The average molecular weight is 345 g/mol. The fourth-order valence-electron chi connectivity index (χ4n) is 3.43. The van der Waals surface area contributed by atoms with Crippen LogP contribution in [0.5, 0.6) is 0 Å². The SMILES string of the molecule is O=C(c1ccc2cn[nH]c2n1)N1CCc2[nH]cnc2C1c1ccccn1. The number of carbonyl (C=O) groups excluding carboxylic acids is 1. The number of amides is 1. The highest BCUT2D eigenvalue weighted by Crippen LogP contribution is 2.33. The van der Waals surface area contributed by atoms with Crippen LogP contribution in [0.1, 0.15) is 33.6 Å². The van der Waals surface area contributed by atoms with Crippen LogP contribution in [-0.4, -0.2) is 47.5 Å². The minimum atomic E-state index is -0.335. The smallest absolute Gasteiger partial charge is 0.273 e. The zero-order valence-electron chi connectivity index (χ0n) is 13.8. The molecular weight excluding hydrogens is 330 g/mol. The number of imidazole rings is 1. The van der Waals surface area contributed by atoms with Crippen molar-refractivity contribution in [3.8, 4) is 0 Å². The fourth-order valence-corrected chi connectivity index (χ4v) is 3.43. The third-order valence-electron chi connectivity index (χ3n) is 4.67. The number of aromatic nitrogens is 6. The van der Waals surface area contributed by atoms with Gasteiger partial charge in [0.15, 0.2) is 5.65 Å². The predicted molar refractivity (Wildman–Crippen MR) is 93.3 cm³/mol. The first-order chi connectivity index (χ1) is 12.8. The van der Waals surface area contributed by atoms with Gasteiger partial charge in [0.25, 0.3) is 5.91 Å². The molecule has 1 unspecified atom stereocenters. The molecule has 0 saturated heterocycles. The van der Waals surface area contributed by atoms with Gasteiger partial charge in [0.2, 0.25) is 0 Å². The fraction of sp³-hybridized carbons (Fsp3) is 0.167. The highest BCUT2D eigenvalue weighted by molar-refractivity contribution is 5.95. The molecule has 0 saturated carbocycles. The topological polar surface area (TPSA) is 103 Å². The summed E-state index contributed by atoms with van der Waals surface area (Å²) >= 11 is 0. The van der Waals surface area contributed by atoms with Gasteiger partial charge in [-0.3, -0.25) is 14.9 Å². The number of nitrogens with zero attached hydrogens (tertiary/aromatic N) is 5. The molecule has 0 bridgehead atoms. The van der Waals surface area contributed by atoms with Crippen molar-refractivity contribution in [3.63, 3.8) is 0 Å². The van der Waals surface area contributed by atoms with Crippen LogP contribution in [-0.2, 0) is 6.42 Å². The van der Waals surface area contributed by atoms with E-state index in [4.69, 9.17) is 0 Å². The van der Waals surface area contributed by atoms with Crippen LogP contribution >= 0.6 is 0 Å². The van der Waals surface area contributed by atoms with Crippen molar-refractivity contribution in [2.75, 3.05) is 6.54 Å². The summed E-state index contributed by atoms with van der Waals surface area (Å²) in [4.78, 5) is 31.5. The molecule has 0 fully saturated rings. The molecular formula is C18H15N7O. The van der Waals surface area contributed by atoms with E-state index in [2.05, 4.69) is 30.1 Å². The highest BCUT2D eigenvalue weighted by atomic mass is 16.2. The second kappa shape index (κ2) is 5.76. The van der Waals surface area contributed by atoms with E-state index < -0.39 is 0 Å². The molecule has 5 rings (SSSR count). The summed E-state index contributed by atoms with van der Waals surface area (Å²) in [6, 6.07) is 8.94. The van der Waals surface area contributed by atoms with Gasteiger partial charge in [0.1, 0.15) is 11.7 Å². The van der Waals surface area contributed by atoms with Crippen LogP contribution < -0.4 is 0 Å². The van der Waals surface area contributed by atoms with Crippen LogP contribution in [0.3, 0.4) is 0 Å². The molecule has 0 spiro atoms. The normalized spacial score (nSPS) is 16.6. The van der Waals surface area contributed by atoms with Crippen molar-refractivity contribution in [1.29, 1.82) is 0 Å². The van der Waals surface area contributed by atoms with Crippen LogP contribution in [0.2, 0.25) is 0 Å². The number of carbonyl (C=O) groups is 1. The molecule has 0 aliphatic carbocycles. The Hall–Kier alpha value is -3.55. The van der Waals surface area contributed by atoms with Crippen LogP contribution in [0.15, 0.2) is 49.1 Å². The van der Waals surface area contributed by atoms with E-state index in [1.807, 2.05) is 24.3 Å².